The molecule has 0 fully saturated rings. The first-order valence-corrected chi connectivity index (χ1v) is 7.34. The average Bonchev–Trinajstić information content (AvgIpc) is 2.45. The maximum atomic E-state index is 11.8. The Kier molecular flexibility index (Phi) is 7.03. The standard InChI is InChI=1S/C14H19NO3S/c1-3-19-10-11-4-6-12(7-5-11)14(17)15-9-8-13(16)18-2/h4-7H,3,8-10H2,1-2H3,(H,15,17). The van der Waals surface area contributed by atoms with Gasteiger partial charge in [0.2, 0.25) is 0 Å². The van der Waals surface area contributed by atoms with Crippen LogP contribution in [0, 0.1) is 0 Å². The molecule has 0 saturated heterocycles. The van der Waals surface area contributed by atoms with Crippen LogP contribution in [0.15, 0.2) is 24.3 Å². The minimum atomic E-state index is -0.327. The Morgan fingerprint density at radius 2 is 1.95 bits per heavy atom. The number of hydrogen-bond acceptors (Lipinski definition) is 4. The zero-order valence-electron chi connectivity index (χ0n) is 11.3. The first-order valence-electron chi connectivity index (χ1n) is 6.19. The monoisotopic (exact) mass is 281 g/mol. The van der Waals surface area contributed by atoms with Crippen molar-refractivity contribution >= 4 is 23.6 Å². The van der Waals surface area contributed by atoms with Crippen molar-refractivity contribution in [1.82, 2.24) is 5.32 Å². The summed E-state index contributed by atoms with van der Waals surface area (Å²) < 4.78 is 4.50. The van der Waals surface area contributed by atoms with Crippen LogP contribution in [0.1, 0.15) is 29.3 Å². The fraction of sp³-hybridized carbons (Fsp3) is 0.429. The number of rotatable bonds is 7. The van der Waals surface area contributed by atoms with Crippen molar-refractivity contribution in [2.24, 2.45) is 0 Å². The minimum Gasteiger partial charge on any atom is -0.469 e. The fourth-order valence-electron chi connectivity index (χ4n) is 1.45. The number of benzene rings is 1. The number of hydrogen-bond donors (Lipinski definition) is 1. The summed E-state index contributed by atoms with van der Waals surface area (Å²) in [7, 11) is 1.33. The summed E-state index contributed by atoms with van der Waals surface area (Å²) in [5, 5.41) is 2.68. The van der Waals surface area contributed by atoms with Crippen LogP contribution in [0.25, 0.3) is 0 Å². The van der Waals surface area contributed by atoms with Gasteiger partial charge in [-0.1, -0.05) is 19.1 Å². The Morgan fingerprint density at radius 3 is 2.53 bits per heavy atom. The van der Waals surface area contributed by atoms with Gasteiger partial charge in [-0.15, -0.1) is 0 Å². The van der Waals surface area contributed by atoms with Crippen LogP contribution in [0.3, 0.4) is 0 Å². The zero-order valence-corrected chi connectivity index (χ0v) is 12.1. The summed E-state index contributed by atoms with van der Waals surface area (Å²) >= 11 is 1.84. The van der Waals surface area contributed by atoms with Crippen molar-refractivity contribution < 1.29 is 14.3 Å². The molecule has 1 N–H and O–H groups in total. The number of carbonyl (C=O) groups excluding carboxylic acids is 2. The molecule has 1 amide bonds. The molecule has 104 valence electrons. The fourth-order valence-corrected chi connectivity index (χ4v) is 2.09. The largest absolute Gasteiger partial charge is 0.469 e. The smallest absolute Gasteiger partial charge is 0.307 e. The number of ether oxygens (including phenoxy) is 1. The molecule has 0 bridgehead atoms. The van der Waals surface area contributed by atoms with Gasteiger partial charge in [-0.05, 0) is 23.4 Å². The first kappa shape index (κ1) is 15.6. The van der Waals surface area contributed by atoms with Crippen LogP contribution in [-0.2, 0) is 15.3 Å². The lowest BCUT2D eigenvalue weighted by Crippen LogP contribution is -2.26. The van der Waals surface area contributed by atoms with Gasteiger partial charge in [0.05, 0.1) is 13.5 Å². The van der Waals surface area contributed by atoms with Crippen molar-refractivity contribution in [2.45, 2.75) is 19.1 Å². The molecule has 0 spiro atoms. The van der Waals surface area contributed by atoms with E-state index in [1.165, 1.54) is 12.7 Å². The van der Waals surface area contributed by atoms with E-state index in [9.17, 15) is 9.59 Å². The molecule has 5 heteroatoms. The molecule has 0 heterocycles. The lowest BCUT2D eigenvalue weighted by Gasteiger charge is -2.05. The normalized spacial score (nSPS) is 10.0. The predicted octanol–water partition coefficient (Wildman–Crippen LogP) is 2.23. The number of carbonyl (C=O) groups is 2. The maximum Gasteiger partial charge on any atom is 0.307 e. The highest BCUT2D eigenvalue weighted by atomic mass is 32.2. The van der Waals surface area contributed by atoms with E-state index in [0.717, 1.165) is 11.5 Å². The topological polar surface area (TPSA) is 55.4 Å². The number of thioether (sulfide) groups is 1. The molecule has 0 saturated carbocycles. The Morgan fingerprint density at radius 1 is 1.26 bits per heavy atom. The second kappa shape index (κ2) is 8.58. The Hall–Kier alpha value is -1.49. The summed E-state index contributed by atoms with van der Waals surface area (Å²) in [4.78, 5) is 22.7. The molecule has 0 atom stereocenters. The Bertz CT molecular complexity index is 417. The van der Waals surface area contributed by atoms with Gasteiger partial charge >= 0.3 is 5.97 Å². The van der Waals surface area contributed by atoms with Gasteiger partial charge in [0.1, 0.15) is 0 Å². The van der Waals surface area contributed by atoms with Gasteiger partial charge in [-0.2, -0.15) is 11.8 Å². The van der Waals surface area contributed by atoms with Gasteiger partial charge in [-0.25, -0.2) is 0 Å². The maximum absolute atomic E-state index is 11.8. The van der Waals surface area contributed by atoms with Gasteiger partial charge in [0.15, 0.2) is 0 Å². The van der Waals surface area contributed by atoms with Crippen LogP contribution < -0.4 is 5.32 Å². The highest BCUT2D eigenvalue weighted by molar-refractivity contribution is 7.98. The molecule has 4 nitrogen and oxygen atoms in total. The van der Waals surface area contributed by atoms with Crippen molar-refractivity contribution in [3.8, 4) is 0 Å². The van der Waals surface area contributed by atoms with Crippen molar-refractivity contribution in [3.63, 3.8) is 0 Å². The van der Waals surface area contributed by atoms with Crippen LogP contribution in [0.2, 0.25) is 0 Å². The molecular formula is C14H19NO3S. The lowest BCUT2D eigenvalue weighted by atomic mass is 10.1. The minimum absolute atomic E-state index is 0.168. The molecule has 0 aliphatic heterocycles. The van der Waals surface area contributed by atoms with Crippen LogP contribution in [-0.4, -0.2) is 31.3 Å². The van der Waals surface area contributed by atoms with Crippen LogP contribution >= 0.6 is 11.8 Å². The molecular weight excluding hydrogens is 262 g/mol. The molecule has 0 aliphatic carbocycles. The molecule has 1 aromatic rings. The quantitative estimate of drug-likeness (QED) is 0.779. The summed E-state index contributed by atoms with van der Waals surface area (Å²) in [6.07, 6.45) is 0.188. The number of nitrogens with one attached hydrogen (secondary N) is 1. The third-order valence-electron chi connectivity index (χ3n) is 2.53. The third kappa shape index (κ3) is 5.79. The van der Waals surface area contributed by atoms with E-state index >= 15 is 0 Å². The molecule has 1 aromatic carbocycles. The summed E-state index contributed by atoms with van der Waals surface area (Å²) in [6.45, 7) is 2.41. The Balaban J connectivity index is 2.42. The van der Waals surface area contributed by atoms with E-state index < -0.39 is 0 Å². The molecule has 19 heavy (non-hydrogen) atoms. The number of esters is 1. The summed E-state index contributed by atoms with van der Waals surface area (Å²) in [6, 6.07) is 7.52. The van der Waals surface area contributed by atoms with Crippen LogP contribution in [0.5, 0.6) is 0 Å². The summed E-state index contributed by atoms with van der Waals surface area (Å²) in [5.41, 5.74) is 1.81. The average molecular weight is 281 g/mol. The van der Waals surface area contributed by atoms with Gasteiger partial charge in [0.25, 0.3) is 5.91 Å². The second-order valence-electron chi connectivity index (χ2n) is 3.92. The van der Waals surface area contributed by atoms with E-state index in [4.69, 9.17) is 0 Å². The van der Waals surface area contributed by atoms with Gasteiger partial charge < -0.3 is 10.1 Å². The van der Waals surface area contributed by atoms with Gasteiger partial charge in [-0.3, -0.25) is 9.59 Å². The van der Waals surface area contributed by atoms with Crippen molar-refractivity contribution in [1.29, 1.82) is 0 Å². The lowest BCUT2D eigenvalue weighted by molar-refractivity contribution is -0.140. The summed E-state index contributed by atoms with van der Waals surface area (Å²) in [5.74, 6) is 1.54. The molecule has 0 radical (unpaired) electrons. The van der Waals surface area contributed by atoms with Crippen LogP contribution in [0.4, 0.5) is 0 Å². The zero-order chi connectivity index (χ0) is 14.1. The molecule has 0 aliphatic rings. The van der Waals surface area contributed by atoms with E-state index in [-0.39, 0.29) is 18.3 Å². The molecule has 0 unspecified atom stereocenters. The van der Waals surface area contributed by atoms with Crippen molar-refractivity contribution in [3.05, 3.63) is 35.4 Å². The number of amides is 1. The van der Waals surface area contributed by atoms with E-state index in [1.54, 1.807) is 12.1 Å². The molecule has 1 rings (SSSR count). The highest BCUT2D eigenvalue weighted by Crippen LogP contribution is 2.12. The highest BCUT2D eigenvalue weighted by Gasteiger charge is 2.06. The SMILES string of the molecule is CCSCc1ccc(C(=O)NCCC(=O)OC)cc1. The molecule has 0 aromatic heterocycles. The van der Waals surface area contributed by atoms with Gasteiger partial charge in [0, 0.05) is 17.9 Å². The van der Waals surface area contributed by atoms with E-state index in [1.807, 2.05) is 23.9 Å². The number of methoxy groups -OCH3 is 1. The second-order valence-corrected chi connectivity index (χ2v) is 5.19. The van der Waals surface area contributed by atoms with E-state index in [0.29, 0.717) is 12.1 Å². The Labute approximate surface area is 117 Å². The first-order chi connectivity index (χ1) is 9.17. The third-order valence-corrected chi connectivity index (χ3v) is 3.48. The van der Waals surface area contributed by atoms with Crippen molar-refractivity contribution in [2.75, 3.05) is 19.4 Å². The predicted molar refractivity (Wildman–Crippen MR) is 77.2 cm³/mol. The van der Waals surface area contributed by atoms with E-state index in [2.05, 4.69) is 17.0 Å².